The van der Waals surface area contributed by atoms with Crippen molar-refractivity contribution in [3.05, 3.63) is 0 Å². The van der Waals surface area contributed by atoms with E-state index in [9.17, 15) is 4.39 Å². The van der Waals surface area contributed by atoms with Crippen molar-refractivity contribution in [3.8, 4) is 0 Å². The minimum atomic E-state index is -1.86. The Balaban J connectivity index is 4.75. The van der Waals surface area contributed by atoms with E-state index in [1.54, 1.807) is 6.92 Å². The van der Waals surface area contributed by atoms with Gasteiger partial charge in [0.05, 0.1) is 0 Å². The maximum atomic E-state index is 13.6. The third kappa shape index (κ3) is 2.28. The van der Waals surface area contributed by atoms with Crippen LogP contribution >= 0.6 is 15.9 Å². The number of hydrogen-bond acceptors (Lipinski definition) is 0. The molecule has 1 unspecified atom stereocenters. The van der Waals surface area contributed by atoms with E-state index in [1.807, 2.05) is 0 Å². The molecule has 0 rings (SSSR count). The van der Waals surface area contributed by atoms with E-state index in [-0.39, 0.29) is 5.04 Å². The van der Waals surface area contributed by atoms with Gasteiger partial charge in [0.25, 0.3) is 0 Å². The highest BCUT2D eigenvalue weighted by molar-refractivity contribution is 9.10. The minimum Gasteiger partial charge on any atom is -0.236 e. The molecule has 1 atom stereocenters. The molecule has 0 aromatic carbocycles. The van der Waals surface area contributed by atoms with Crippen LogP contribution in [0.4, 0.5) is 4.39 Å². The van der Waals surface area contributed by atoms with Crippen molar-refractivity contribution in [1.29, 1.82) is 0 Å². The molecule has 0 nitrogen and oxygen atoms in total. The highest BCUT2D eigenvalue weighted by Gasteiger charge is 2.49. The SMILES string of the molecule is CC(C)(C)[Si](C)(C)C(C)(F)Br. The Kier molecular flexibility index (Phi) is 3.00. The molecule has 11 heavy (non-hydrogen) atoms. The second-order valence-electron chi connectivity index (χ2n) is 4.76. The van der Waals surface area contributed by atoms with E-state index in [4.69, 9.17) is 0 Å². The average Bonchev–Trinajstić information content (AvgIpc) is 1.58. The Morgan fingerprint density at radius 3 is 1.36 bits per heavy atom. The predicted octanol–water partition coefficient (Wildman–Crippen LogP) is 4.11. The van der Waals surface area contributed by atoms with Crippen LogP contribution in [0.25, 0.3) is 0 Å². The van der Waals surface area contributed by atoms with Gasteiger partial charge < -0.3 is 0 Å². The van der Waals surface area contributed by atoms with Gasteiger partial charge in [-0.2, -0.15) is 0 Å². The molecule has 0 aliphatic carbocycles. The molecule has 0 heterocycles. The second-order valence-corrected chi connectivity index (χ2v) is 12.7. The quantitative estimate of drug-likeness (QED) is 0.478. The molecule has 0 fully saturated rings. The molecular weight excluding hydrogens is 223 g/mol. The fraction of sp³-hybridized carbons (Fsp3) is 1.00. The van der Waals surface area contributed by atoms with Crippen LogP contribution in [0.1, 0.15) is 27.7 Å². The first kappa shape index (κ1) is 11.6. The molecule has 0 aliphatic rings. The maximum absolute atomic E-state index is 13.6. The molecule has 0 saturated heterocycles. The summed E-state index contributed by atoms with van der Waals surface area (Å²) >= 11 is 3.13. The number of hydrogen-bond donors (Lipinski definition) is 0. The molecule has 0 bridgehead atoms. The zero-order valence-corrected chi connectivity index (χ0v) is 10.8. The van der Waals surface area contributed by atoms with Gasteiger partial charge >= 0.3 is 0 Å². The van der Waals surface area contributed by atoms with Gasteiger partial charge in [0.1, 0.15) is 12.3 Å². The lowest BCUT2D eigenvalue weighted by Gasteiger charge is -2.42. The molecule has 0 N–H and O–H groups in total. The summed E-state index contributed by atoms with van der Waals surface area (Å²) in [5, 5.41) is 0.0972. The van der Waals surface area contributed by atoms with Crippen molar-refractivity contribution >= 4 is 24.0 Å². The highest BCUT2D eigenvalue weighted by Crippen LogP contribution is 2.46. The molecule has 68 valence electrons. The van der Waals surface area contributed by atoms with Gasteiger partial charge in [0.15, 0.2) is 0 Å². The zero-order valence-electron chi connectivity index (χ0n) is 8.26. The Bertz CT molecular complexity index is 125. The van der Waals surface area contributed by atoms with Gasteiger partial charge in [-0.1, -0.05) is 49.8 Å². The largest absolute Gasteiger partial charge is 0.236 e. The van der Waals surface area contributed by atoms with E-state index in [0.717, 1.165) is 0 Å². The molecule has 0 radical (unpaired) electrons. The summed E-state index contributed by atoms with van der Waals surface area (Å²) in [6.07, 6.45) is 0. The van der Waals surface area contributed by atoms with Gasteiger partial charge in [-0.05, 0) is 12.0 Å². The van der Waals surface area contributed by atoms with Gasteiger partial charge in [-0.3, -0.25) is 0 Å². The summed E-state index contributed by atoms with van der Waals surface area (Å²) in [6, 6.07) is 0. The summed E-state index contributed by atoms with van der Waals surface area (Å²) in [7, 11) is -1.86. The topological polar surface area (TPSA) is 0 Å². The van der Waals surface area contributed by atoms with Crippen LogP contribution < -0.4 is 0 Å². The van der Waals surface area contributed by atoms with Crippen molar-refractivity contribution in [3.63, 3.8) is 0 Å². The number of alkyl halides is 2. The average molecular weight is 241 g/mol. The Labute approximate surface area is 78.7 Å². The molecule has 0 saturated carbocycles. The van der Waals surface area contributed by atoms with Crippen LogP contribution in [0.15, 0.2) is 0 Å². The molecule has 0 aliphatic heterocycles. The monoisotopic (exact) mass is 240 g/mol. The van der Waals surface area contributed by atoms with Crippen molar-refractivity contribution in [2.24, 2.45) is 0 Å². The Morgan fingerprint density at radius 1 is 1.09 bits per heavy atom. The first-order valence-corrected chi connectivity index (χ1v) is 7.67. The van der Waals surface area contributed by atoms with Crippen LogP contribution in [-0.4, -0.2) is 12.3 Å². The smallest absolute Gasteiger partial charge is 0.149 e. The number of halogens is 2. The van der Waals surface area contributed by atoms with Gasteiger partial charge in [-0.25, -0.2) is 4.39 Å². The third-order valence-corrected chi connectivity index (χ3v) is 11.9. The van der Waals surface area contributed by atoms with Crippen LogP contribution in [0.2, 0.25) is 18.1 Å². The zero-order chi connectivity index (χ0) is 9.50. The van der Waals surface area contributed by atoms with E-state index in [1.165, 1.54) is 0 Å². The minimum absolute atomic E-state index is 0.0972. The van der Waals surface area contributed by atoms with Crippen LogP contribution in [0.3, 0.4) is 0 Å². The molecular formula is C8H18BrFSi. The van der Waals surface area contributed by atoms with Crippen molar-refractivity contribution < 1.29 is 4.39 Å². The van der Waals surface area contributed by atoms with E-state index >= 15 is 0 Å². The molecule has 3 heteroatoms. The molecule has 0 aromatic rings. The lowest BCUT2D eigenvalue weighted by Crippen LogP contribution is -2.51. The van der Waals surface area contributed by atoms with E-state index in [2.05, 4.69) is 49.8 Å². The van der Waals surface area contributed by atoms with Crippen molar-refractivity contribution in [1.82, 2.24) is 0 Å². The van der Waals surface area contributed by atoms with Crippen molar-refractivity contribution in [2.75, 3.05) is 0 Å². The lowest BCUT2D eigenvalue weighted by atomic mass is 10.2. The fourth-order valence-corrected chi connectivity index (χ4v) is 3.76. The van der Waals surface area contributed by atoms with Gasteiger partial charge in [0.2, 0.25) is 0 Å². The Hall–Kier alpha value is 0.627. The van der Waals surface area contributed by atoms with Crippen LogP contribution in [0.5, 0.6) is 0 Å². The van der Waals surface area contributed by atoms with Crippen LogP contribution in [0, 0.1) is 0 Å². The second kappa shape index (κ2) is 2.84. The predicted molar refractivity (Wildman–Crippen MR) is 55.6 cm³/mol. The fourth-order valence-electron chi connectivity index (χ4n) is 0.658. The van der Waals surface area contributed by atoms with Crippen molar-refractivity contribution in [2.45, 2.75) is 50.0 Å². The van der Waals surface area contributed by atoms with Crippen LogP contribution in [-0.2, 0) is 0 Å². The standard InChI is InChI=1S/C8H18BrFSi/c1-7(2,3)11(5,6)8(4,9)10/h1-6H3. The Morgan fingerprint density at radius 2 is 1.36 bits per heavy atom. The maximum Gasteiger partial charge on any atom is 0.149 e. The van der Waals surface area contributed by atoms with Gasteiger partial charge in [0, 0.05) is 0 Å². The lowest BCUT2D eigenvalue weighted by molar-refractivity contribution is 0.408. The molecule has 0 amide bonds. The summed E-state index contributed by atoms with van der Waals surface area (Å²) in [5.74, 6) is 0. The summed E-state index contributed by atoms with van der Waals surface area (Å²) < 4.78 is 12.5. The third-order valence-electron chi connectivity index (χ3n) is 2.97. The summed E-state index contributed by atoms with van der Waals surface area (Å²) in [4.78, 5) is 0. The van der Waals surface area contributed by atoms with Gasteiger partial charge in [-0.15, -0.1) is 0 Å². The summed E-state index contributed by atoms with van der Waals surface area (Å²) in [6.45, 7) is 12.1. The molecule has 0 aromatic heterocycles. The first-order valence-electron chi connectivity index (χ1n) is 3.88. The normalized spacial score (nSPS) is 19.6. The van der Waals surface area contributed by atoms with E-state index < -0.39 is 12.3 Å². The number of rotatable bonds is 1. The first-order chi connectivity index (χ1) is 4.50. The van der Waals surface area contributed by atoms with E-state index in [0.29, 0.717) is 0 Å². The molecule has 0 spiro atoms. The highest BCUT2D eigenvalue weighted by atomic mass is 79.9. The summed E-state index contributed by atoms with van der Waals surface area (Å²) in [5.41, 5.74) is 0.